The van der Waals surface area contributed by atoms with Gasteiger partial charge in [-0.25, -0.2) is 0 Å². The fraction of sp³-hybridized carbons (Fsp3) is 0.182. The molecule has 0 aliphatic rings. The maximum absolute atomic E-state index is 13.5. The number of hydrogen-bond acceptors (Lipinski definition) is 4. The van der Waals surface area contributed by atoms with Crippen molar-refractivity contribution in [2.75, 3.05) is 0 Å². The van der Waals surface area contributed by atoms with Crippen LogP contribution in [-0.4, -0.2) is 15.3 Å². The van der Waals surface area contributed by atoms with E-state index in [1.54, 1.807) is 30.3 Å². The Bertz CT molecular complexity index is 962. The first kappa shape index (κ1) is 20.4. The number of para-hydroxylation sites is 1. The Kier molecular flexibility index (Phi) is 5.87. The molecule has 3 rings (SSSR count). The van der Waals surface area contributed by atoms with Gasteiger partial charge in [0.15, 0.2) is 0 Å². The number of alkyl halides is 3. The zero-order valence-electron chi connectivity index (χ0n) is 15.3. The highest BCUT2D eigenvalue weighted by molar-refractivity contribution is 5.49. The van der Waals surface area contributed by atoms with Crippen LogP contribution in [0.2, 0.25) is 0 Å². The third kappa shape index (κ3) is 5.13. The third-order valence-corrected chi connectivity index (χ3v) is 4.43. The highest BCUT2D eigenvalue weighted by atomic mass is 19.4. The molecule has 0 fully saturated rings. The fourth-order valence-electron chi connectivity index (χ4n) is 3.06. The number of rotatable bonds is 6. The molecule has 0 atom stereocenters. The second kappa shape index (κ2) is 8.34. The van der Waals surface area contributed by atoms with Crippen molar-refractivity contribution < 1.29 is 33.2 Å². The second-order valence-corrected chi connectivity index (χ2v) is 6.55. The van der Waals surface area contributed by atoms with Crippen LogP contribution in [-0.2, 0) is 19.0 Å². The summed E-state index contributed by atoms with van der Waals surface area (Å²) in [4.78, 5) is 0. The highest BCUT2D eigenvalue weighted by Gasteiger charge is 2.33. The van der Waals surface area contributed by atoms with Crippen LogP contribution in [0.25, 0.3) is 0 Å². The standard InChI is InChI=1S/C22H19F3O4/c23-22(24,25)19-13-17(29-16-6-2-1-3-7-16)10-9-14(19)5-4-8-18-20(27)11-15(26)12-21(18)28/h1-3,6-7,9-13,26-28H,4-5,8H2. The maximum atomic E-state index is 13.5. The van der Waals surface area contributed by atoms with Gasteiger partial charge in [0.1, 0.15) is 28.7 Å². The number of phenolic OH excluding ortho intramolecular Hbond substituents is 3. The molecule has 0 aliphatic heterocycles. The monoisotopic (exact) mass is 404 g/mol. The topological polar surface area (TPSA) is 69.9 Å². The van der Waals surface area contributed by atoms with Gasteiger partial charge >= 0.3 is 6.18 Å². The SMILES string of the molecule is Oc1cc(O)c(CCCc2ccc(Oc3ccccc3)cc2C(F)(F)F)c(O)c1. The first-order valence-corrected chi connectivity index (χ1v) is 8.91. The van der Waals surface area contributed by atoms with E-state index in [1.165, 1.54) is 12.1 Å². The van der Waals surface area contributed by atoms with E-state index in [9.17, 15) is 28.5 Å². The molecule has 3 aromatic rings. The van der Waals surface area contributed by atoms with Gasteiger partial charge in [0.25, 0.3) is 0 Å². The lowest BCUT2D eigenvalue weighted by Crippen LogP contribution is -2.10. The molecule has 0 aromatic heterocycles. The third-order valence-electron chi connectivity index (χ3n) is 4.43. The van der Waals surface area contributed by atoms with Gasteiger partial charge < -0.3 is 20.1 Å². The van der Waals surface area contributed by atoms with Crippen molar-refractivity contribution in [1.82, 2.24) is 0 Å². The molecule has 0 heterocycles. The average Bonchev–Trinajstić information content (AvgIpc) is 2.64. The Balaban J connectivity index is 1.76. The summed E-state index contributed by atoms with van der Waals surface area (Å²) in [6, 6.07) is 14.5. The van der Waals surface area contributed by atoms with E-state index in [1.807, 2.05) is 0 Å². The van der Waals surface area contributed by atoms with Crippen LogP contribution >= 0.6 is 0 Å². The zero-order chi connectivity index (χ0) is 21.0. The second-order valence-electron chi connectivity index (χ2n) is 6.55. The molecule has 0 spiro atoms. The highest BCUT2D eigenvalue weighted by Crippen LogP contribution is 2.37. The molecule has 7 heteroatoms. The Morgan fingerprint density at radius 3 is 2.03 bits per heavy atom. The molecule has 0 aliphatic carbocycles. The molecule has 0 bridgehead atoms. The number of aryl methyl sites for hydroxylation is 1. The van der Waals surface area contributed by atoms with Crippen LogP contribution in [0.3, 0.4) is 0 Å². The van der Waals surface area contributed by atoms with Gasteiger partial charge in [-0.3, -0.25) is 0 Å². The van der Waals surface area contributed by atoms with E-state index in [4.69, 9.17) is 4.74 Å². The Morgan fingerprint density at radius 2 is 1.41 bits per heavy atom. The number of phenols is 3. The molecular formula is C22H19F3O4. The quantitative estimate of drug-likeness (QED) is 0.486. The normalized spacial score (nSPS) is 11.4. The average molecular weight is 404 g/mol. The summed E-state index contributed by atoms with van der Waals surface area (Å²) in [6.07, 6.45) is -4.06. The van der Waals surface area contributed by atoms with Crippen molar-refractivity contribution >= 4 is 0 Å². The minimum Gasteiger partial charge on any atom is -0.508 e. The predicted octanol–water partition coefficient (Wildman–Crippen LogP) is 5.79. The van der Waals surface area contributed by atoms with Gasteiger partial charge in [0.2, 0.25) is 0 Å². The van der Waals surface area contributed by atoms with Crippen molar-refractivity contribution in [3.63, 3.8) is 0 Å². The van der Waals surface area contributed by atoms with Gasteiger partial charge in [0, 0.05) is 17.7 Å². The Hall–Kier alpha value is -3.35. The smallest absolute Gasteiger partial charge is 0.416 e. The summed E-state index contributed by atoms with van der Waals surface area (Å²) in [5.41, 5.74) is -0.513. The van der Waals surface area contributed by atoms with E-state index >= 15 is 0 Å². The lowest BCUT2D eigenvalue weighted by atomic mass is 9.98. The lowest BCUT2D eigenvalue weighted by molar-refractivity contribution is -0.138. The molecule has 0 amide bonds. The summed E-state index contributed by atoms with van der Waals surface area (Å²) in [5, 5.41) is 28.9. The molecule has 0 saturated heterocycles. The number of aromatic hydroxyl groups is 3. The molecule has 0 unspecified atom stereocenters. The number of ether oxygens (including phenoxy) is 1. The molecular weight excluding hydrogens is 385 g/mol. The summed E-state index contributed by atoms with van der Waals surface area (Å²) in [5.74, 6) is -0.375. The van der Waals surface area contributed by atoms with E-state index in [0.717, 1.165) is 18.2 Å². The van der Waals surface area contributed by atoms with Crippen molar-refractivity contribution in [3.05, 3.63) is 77.4 Å². The zero-order valence-corrected chi connectivity index (χ0v) is 15.3. The molecule has 4 nitrogen and oxygen atoms in total. The van der Waals surface area contributed by atoms with Gasteiger partial charge in [-0.1, -0.05) is 24.3 Å². The summed E-state index contributed by atoms with van der Waals surface area (Å²) < 4.78 is 46.1. The van der Waals surface area contributed by atoms with Crippen molar-refractivity contribution in [1.29, 1.82) is 0 Å². The van der Waals surface area contributed by atoms with Gasteiger partial charge in [-0.05, 0) is 49.1 Å². The van der Waals surface area contributed by atoms with Crippen LogP contribution in [0.5, 0.6) is 28.7 Å². The minimum absolute atomic E-state index is 0.0835. The molecule has 3 aromatic carbocycles. The summed E-state index contributed by atoms with van der Waals surface area (Å²) in [7, 11) is 0. The van der Waals surface area contributed by atoms with Crippen LogP contribution in [0.1, 0.15) is 23.1 Å². The molecule has 3 N–H and O–H groups in total. The van der Waals surface area contributed by atoms with E-state index < -0.39 is 11.7 Å². The van der Waals surface area contributed by atoms with E-state index in [-0.39, 0.29) is 53.4 Å². The summed E-state index contributed by atoms with van der Waals surface area (Å²) >= 11 is 0. The fourth-order valence-corrected chi connectivity index (χ4v) is 3.06. The molecule has 0 saturated carbocycles. The van der Waals surface area contributed by atoms with Crippen LogP contribution in [0.15, 0.2) is 60.7 Å². The first-order valence-electron chi connectivity index (χ1n) is 8.91. The van der Waals surface area contributed by atoms with Crippen molar-refractivity contribution in [3.8, 4) is 28.7 Å². The molecule has 152 valence electrons. The number of halogens is 3. The maximum Gasteiger partial charge on any atom is 0.416 e. The van der Waals surface area contributed by atoms with E-state index in [2.05, 4.69) is 0 Å². The molecule has 29 heavy (non-hydrogen) atoms. The molecule has 0 radical (unpaired) electrons. The van der Waals surface area contributed by atoms with E-state index in [0.29, 0.717) is 5.75 Å². The largest absolute Gasteiger partial charge is 0.508 e. The Morgan fingerprint density at radius 1 is 0.759 bits per heavy atom. The van der Waals surface area contributed by atoms with Crippen LogP contribution < -0.4 is 4.74 Å². The Labute approximate surface area is 165 Å². The van der Waals surface area contributed by atoms with Gasteiger partial charge in [-0.15, -0.1) is 0 Å². The number of benzene rings is 3. The predicted molar refractivity (Wildman–Crippen MR) is 101 cm³/mol. The minimum atomic E-state index is -4.55. The van der Waals surface area contributed by atoms with Crippen LogP contribution in [0.4, 0.5) is 13.2 Å². The first-order chi connectivity index (χ1) is 13.7. The van der Waals surface area contributed by atoms with Gasteiger partial charge in [-0.2, -0.15) is 13.2 Å². The lowest BCUT2D eigenvalue weighted by Gasteiger charge is -2.15. The summed E-state index contributed by atoms with van der Waals surface area (Å²) in [6.45, 7) is 0. The van der Waals surface area contributed by atoms with Crippen molar-refractivity contribution in [2.24, 2.45) is 0 Å². The van der Waals surface area contributed by atoms with Crippen molar-refractivity contribution in [2.45, 2.75) is 25.4 Å². The van der Waals surface area contributed by atoms with Gasteiger partial charge in [0.05, 0.1) is 5.56 Å². The number of hydrogen-bond donors (Lipinski definition) is 3. The van der Waals surface area contributed by atoms with Crippen LogP contribution in [0, 0.1) is 0 Å².